The number of amides is 1. The van der Waals surface area contributed by atoms with Gasteiger partial charge in [-0.1, -0.05) is 6.92 Å². The molecule has 1 fully saturated rings. The van der Waals surface area contributed by atoms with E-state index in [4.69, 9.17) is 4.74 Å². The highest BCUT2D eigenvalue weighted by molar-refractivity contribution is 14.0. The Kier molecular flexibility index (Phi) is 10.9. The largest absolute Gasteiger partial charge is 0.450 e. The predicted molar refractivity (Wildman–Crippen MR) is 117 cm³/mol. The fraction of sp³-hybridized carbons (Fsp3) is 0.706. The highest BCUT2D eigenvalue weighted by atomic mass is 127. The molecular formula is C17H30IN5O2S. The monoisotopic (exact) mass is 495 g/mol. The number of carbonyl (C=O) groups is 1. The second kappa shape index (κ2) is 12.3. The first kappa shape index (κ1) is 22.9. The fourth-order valence-corrected chi connectivity index (χ4v) is 3.36. The van der Waals surface area contributed by atoms with E-state index in [0.717, 1.165) is 43.2 Å². The fourth-order valence-electron chi connectivity index (χ4n) is 2.50. The first-order chi connectivity index (χ1) is 12.2. The molecule has 0 aromatic carbocycles. The van der Waals surface area contributed by atoms with Crippen LogP contribution >= 0.6 is 35.3 Å². The van der Waals surface area contributed by atoms with Crippen LogP contribution in [-0.2, 0) is 17.6 Å². The normalized spacial score (nSPS) is 15.0. The molecule has 1 amide bonds. The zero-order valence-electron chi connectivity index (χ0n) is 15.7. The molecule has 3 N–H and O–H groups in total. The third-order valence-corrected chi connectivity index (χ3v) is 5.27. The number of hydrogen-bond acceptors (Lipinski definition) is 5. The molecular weight excluding hydrogens is 465 g/mol. The van der Waals surface area contributed by atoms with Crippen LogP contribution < -0.4 is 16.0 Å². The molecule has 2 rings (SSSR count). The smallest absolute Gasteiger partial charge is 0.407 e. The predicted octanol–water partition coefficient (Wildman–Crippen LogP) is 2.56. The molecule has 1 aliphatic carbocycles. The zero-order valence-corrected chi connectivity index (χ0v) is 18.9. The Balaban J connectivity index is 0.00000338. The van der Waals surface area contributed by atoms with Crippen LogP contribution in [-0.4, -0.2) is 49.8 Å². The lowest BCUT2D eigenvalue weighted by molar-refractivity contribution is 0.146. The van der Waals surface area contributed by atoms with E-state index < -0.39 is 0 Å². The van der Waals surface area contributed by atoms with Crippen molar-refractivity contribution >= 4 is 47.4 Å². The molecule has 0 aliphatic heterocycles. The average molecular weight is 495 g/mol. The molecule has 1 atom stereocenters. The van der Waals surface area contributed by atoms with E-state index in [1.807, 2.05) is 13.1 Å². The summed E-state index contributed by atoms with van der Waals surface area (Å²) in [6.45, 7) is 5.75. The Morgan fingerprint density at radius 2 is 2.19 bits per heavy atom. The quantitative estimate of drug-likeness (QED) is 0.279. The number of aromatic nitrogens is 1. The van der Waals surface area contributed by atoms with Crippen LogP contribution in [0.5, 0.6) is 0 Å². The Morgan fingerprint density at radius 3 is 2.77 bits per heavy atom. The van der Waals surface area contributed by atoms with Crippen molar-refractivity contribution in [1.82, 2.24) is 20.9 Å². The van der Waals surface area contributed by atoms with Gasteiger partial charge in [0.25, 0.3) is 0 Å². The van der Waals surface area contributed by atoms with E-state index in [1.54, 1.807) is 18.4 Å². The number of hydrogen-bond donors (Lipinski definition) is 3. The van der Waals surface area contributed by atoms with E-state index in [9.17, 15) is 4.79 Å². The van der Waals surface area contributed by atoms with E-state index >= 15 is 0 Å². The van der Waals surface area contributed by atoms with Gasteiger partial charge >= 0.3 is 6.09 Å². The second-order valence-electron chi connectivity index (χ2n) is 6.01. The average Bonchev–Trinajstić information content (AvgIpc) is 3.35. The molecule has 1 aromatic rings. The maximum atomic E-state index is 11.6. The molecule has 26 heavy (non-hydrogen) atoms. The van der Waals surface area contributed by atoms with Crippen molar-refractivity contribution in [3.8, 4) is 0 Å². The second-order valence-corrected chi connectivity index (χ2v) is 7.21. The van der Waals surface area contributed by atoms with E-state index in [1.165, 1.54) is 4.88 Å². The minimum Gasteiger partial charge on any atom is -0.450 e. The number of nitrogens with zero attached hydrogens (tertiary/aromatic N) is 2. The van der Waals surface area contributed by atoms with Gasteiger partial charge in [-0.3, -0.25) is 4.99 Å². The van der Waals surface area contributed by atoms with Crippen molar-refractivity contribution in [3.05, 3.63) is 16.1 Å². The minimum atomic E-state index is -0.348. The number of guanidine groups is 1. The van der Waals surface area contributed by atoms with Gasteiger partial charge in [0.05, 0.1) is 17.7 Å². The molecule has 9 heteroatoms. The standard InChI is InChI=1S/C17H29N5O2S.HI/c1-4-13-10-20-15(25-13)8-9-19-16(18-3)21-11-14(12-6-7-12)22-17(23)24-5-2;/h10,12,14H,4-9,11H2,1-3H3,(H,22,23)(H2,18,19,21);1H. The Hall–Kier alpha value is -1.10. The Labute approximate surface area is 176 Å². The molecule has 148 valence electrons. The van der Waals surface area contributed by atoms with Gasteiger partial charge in [-0.2, -0.15) is 0 Å². The summed E-state index contributed by atoms with van der Waals surface area (Å²) in [5, 5.41) is 10.7. The molecule has 1 heterocycles. The first-order valence-corrected chi connectivity index (χ1v) is 9.79. The maximum Gasteiger partial charge on any atom is 0.407 e. The van der Waals surface area contributed by atoms with E-state index in [-0.39, 0.29) is 36.1 Å². The van der Waals surface area contributed by atoms with Crippen LogP contribution in [0.1, 0.15) is 36.6 Å². The van der Waals surface area contributed by atoms with Gasteiger partial charge < -0.3 is 20.7 Å². The molecule has 0 spiro atoms. The number of aliphatic imine (C=N–C) groups is 1. The van der Waals surface area contributed by atoms with E-state index in [0.29, 0.717) is 19.1 Å². The summed E-state index contributed by atoms with van der Waals surface area (Å²) < 4.78 is 4.98. The third kappa shape index (κ3) is 8.07. The summed E-state index contributed by atoms with van der Waals surface area (Å²) in [6.07, 6.45) is 5.81. The maximum absolute atomic E-state index is 11.6. The number of halogens is 1. The van der Waals surface area contributed by atoms with Gasteiger partial charge in [0.1, 0.15) is 0 Å². The highest BCUT2D eigenvalue weighted by Gasteiger charge is 2.32. The van der Waals surface area contributed by atoms with E-state index in [2.05, 4.69) is 32.9 Å². The van der Waals surface area contributed by atoms with Gasteiger partial charge in [-0.25, -0.2) is 9.78 Å². The first-order valence-electron chi connectivity index (χ1n) is 8.97. The number of aryl methyl sites for hydroxylation is 1. The molecule has 1 aliphatic rings. The Morgan fingerprint density at radius 1 is 1.42 bits per heavy atom. The molecule has 0 radical (unpaired) electrons. The third-order valence-electron chi connectivity index (χ3n) is 4.06. The van der Waals surface area contributed by atoms with Gasteiger partial charge in [0, 0.05) is 37.6 Å². The van der Waals surface area contributed by atoms with Crippen LogP contribution in [0.3, 0.4) is 0 Å². The van der Waals surface area contributed by atoms with Gasteiger partial charge in [-0.15, -0.1) is 35.3 Å². The summed E-state index contributed by atoms with van der Waals surface area (Å²) in [7, 11) is 1.75. The van der Waals surface area contributed by atoms with Crippen molar-refractivity contribution in [1.29, 1.82) is 0 Å². The molecule has 1 saturated carbocycles. The zero-order chi connectivity index (χ0) is 18.1. The lowest BCUT2D eigenvalue weighted by Crippen LogP contribution is -2.48. The SMILES string of the molecule is CCOC(=O)NC(CNC(=NC)NCCc1ncc(CC)s1)C1CC1.I. The van der Waals surface area contributed by atoms with Crippen LogP contribution in [0.2, 0.25) is 0 Å². The van der Waals surface area contributed by atoms with Gasteiger partial charge in [-0.05, 0) is 32.1 Å². The molecule has 0 bridgehead atoms. The minimum absolute atomic E-state index is 0. The number of alkyl carbamates (subject to hydrolysis) is 1. The van der Waals surface area contributed by atoms with Crippen LogP contribution in [0.25, 0.3) is 0 Å². The summed E-state index contributed by atoms with van der Waals surface area (Å²) in [6, 6.07) is 0.0728. The number of carbonyl (C=O) groups excluding carboxylic acids is 1. The van der Waals surface area contributed by atoms with Crippen molar-refractivity contribution in [2.24, 2.45) is 10.9 Å². The summed E-state index contributed by atoms with van der Waals surface area (Å²) in [5.41, 5.74) is 0. The summed E-state index contributed by atoms with van der Waals surface area (Å²) >= 11 is 1.76. The molecule has 7 nitrogen and oxygen atoms in total. The van der Waals surface area contributed by atoms with Gasteiger partial charge in [0.2, 0.25) is 0 Å². The summed E-state index contributed by atoms with van der Waals surface area (Å²) in [5.74, 6) is 1.27. The lowest BCUT2D eigenvalue weighted by atomic mass is 10.2. The van der Waals surface area contributed by atoms with Crippen molar-refractivity contribution < 1.29 is 9.53 Å². The highest BCUT2D eigenvalue weighted by Crippen LogP contribution is 2.32. The Bertz CT molecular complexity index is 577. The molecule has 0 saturated heterocycles. The number of thiazole rings is 1. The topological polar surface area (TPSA) is 87.6 Å². The number of rotatable bonds is 9. The van der Waals surface area contributed by atoms with Crippen LogP contribution in [0.15, 0.2) is 11.2 Å². The summed E-state index contributed by atoms with van der Waals surface area (Å²) in [4.78, 5) is 21.6. The van der Waals surface area contributed by atoms with Crippen molar-refractivity contribution in [2.75, 3.05) is 26.7 Å². The van der Waals surface area contributed by atoms with Crippen molar-refractivity contribution in [2.45, 2.75) is 45.6 Å². The van der Waals surface area contributed by atoms with Crippen LogP contribution in [0.4, 0.5) is 4.79 Å². The number of ether oxygens (including phenoxy) is 1. The van der Waals surface area contributed by atoms with Gasteiger partial charge in [0.15, 0.2) is 5.96 Å². The number of nitrogens with one attached hydrogen (secondary N) is 3. The van der Waals surface area contributed by atoms with Crippen molar-refractivity contribution in [3.63, 3.8) is 0 Å². The van der Waals surface area contributed by atoms with Crippen LogP contribution in [0, 0.1) is 5.92 Å². The lowest BCUT2D eigenvalue weighted by Gasteiger charge is -2.20. The molecule has 1 unspecified atom stereocenters. The molecule has 1 aromatic heterocycles.